The number of aromatic nitrogens is 2. The van der Waals surface area contributed by atoms with E-state index in [1.54, 1.807) is 0 Å². The fourth-order valence-electron chi connectivity index (χ4n) is 2.22. The Morgan fingerprint density at radius 2 is 2.12 bits per heavy atom. The highest BCUT2D eigenvalue weighted by Gasteiger charge is 2.17. The maximum atomic E-state index is 6.25. The molecule has 17 heavy (non-hydrogen) atoms. The summed E-state index contributed by atoms with van der Waals surface area (Å²) in [6.07, 6.45) is 2.83. The summed E-state index contributed by atoms with van der Waals surface area (Å²) in [5.74, 6) is 0.564. The van der Waals surface area contributed by atoms with Gasteiger partial charge in [-0.3, -0.25) is 0 Å². The molecule has 2 aromatic heterocycles. The number of imidazole rings is 1. The lowest BCUT2D eigenvalue weighted by Gasteiger charge is -2.15. The number of aryl methyl sites for hydroxylation is 1. The minimum absolute atomic E-state index is 0.00321. The molecule has 0 saturated carbocycles. The Bertz CT molecular complexity index is 531. The highest BCUT2D eigenvalue weighted by Crippen LogP contribution is 2.24. The van der Waals surface area contributed by atoms with Gasteiger partial charge >= 0.3 is 0 Å². The molecule has 2 aromatic rings. The summed E-state index contributed by atoms with van der Waals surface area (Å²) in [6.45, 7) is 6.34. The van der Waals surface area contributed by atoms with Gasteiger partial charge in [0, 0.05) is 12.2 Å². The average molecular weight is 252 g/mol. The van der Waals surface area contributed by atoms with Crippen LogP contribution in [-0.4, -0.2) is 9.38 Å². The number of halogens is 1. The van der Waals surface area contributed by atoms with Gasteiger partial charge in [0.2, 0.25) is 0 Å². The highest BCUT2D eigenvalue weighted by atomic mass is 35.5. The SMILES string of the molecule is Cc1nc2ccc(Cl)cn2c1C(N)CC(C)C. The van der Waals surface area contributed by atoms with Crippen molar-refractivity contribution in [3.8, 4) is 0 Å². The quantitative estimate of drug-likeness (QED) is 0.909. The number of pyridine rings is 1. The number of nitrogens with zero attached hydrogens (tertiary/aromatic N) is 2. The Balaban J connectivity index is 2.51. The molecule has 0 fully saturated rings. The van der Waals surface area contributed by atoms with Gasteiger partial charge in [-0.05, 0) is 31.4 Å². The number of hydrogen-bond donors (Lipinski definition) is 1. The van der Waals surface area contributed by atoms with Crippen LogP contribution in [0.3, 0.4) is 0 Å². The average Bonchev–Trinajstić information content (AvgIpc) is 2.52. The molecule has 1 atom stereocenters. The highest BCUT2D eigenvalue weighted by molar-refractivity contribution is 6.30. The van der Waals surface area contributed by atoms with E-state index in [9.17, 15) is 0 Å². The second-order valence-electron chi connectivity index (χ2n) is 4.89. The van der Waals surface area contributed by atoms with Crippen LogP contribution in [0.1, 0.15) is 37.7 Å². The van der Waals surface area contributed by atoms with Gasteiger partial charge in [0.15, 0.2) is 0 Å². The van der Waals surface area contributed by atoms with Gasteiger partial charge in [0.05, 0.1) is 16.4 Å². The predicted molar refractivity (Wildman–Crippen MR) is 71.3 cm³/mol. The Morgan fingerprint density at radius 3 is 2.76 bits per heavy atom. The standard InChI is InChI=1S/C13H18ClN3/c1-8(2)6-11(15)13-9(3)16-12-5-4-10(14)7-17(12)13/h4-5,7-8,11H,6,15H2,1-3H3. The molecule has 0 aliphatic heterocycles. The van der Waals surface area contributed by atoms with Gasteiger partial charge in [-0.2, -0.15) is 0 Å². The Labute approximate surface area is 107 Å². The van der Waals surface area contributed by atoms with Crippen LogP contribution in [-0.2, 0) is 0 Å². The molecule has 0 amide bonds. The van der Waals surface area contributed by atoms with E-state index < -0.39 is 0 Å². The topological polar surface area (TPSA) is 43.3 Å². The molecule has 4 heteroatoms. The van der Waals surface area contributed by atoms with E-state index >= 15 is 0 Å². The predicted octanol–water partition coefficient (Wildman–Crippen LogP) is 3.34. The zero-order valence-corrected chi connectivity index (χ0v) is 11.2. The smallest absolute Gasteiger partial charge is 0.137 e. The molecular weight excluding hydrogens is 234 g/mol. The summed E-state index contributed by atoms with van der Waals surface area (Å²) in [7, 11) is 0. The van der Waals surface area contributed by atoms with Gasteiger partial charge in [-0.15, -0.1) is 0 Å². The molecule has 0 saturated heterocycles. The first-order valence-electron chi connectivity index (χ1n) is 5.88. The first kappa shape index (κ1) is 12.4. The summed E-state index contributed by atoms with van der Waals surface area (Å²) in [5.41, 5.74) is 9.21. The van der Waals surface area contributed by atoms with Crippen LogP contribution in [0.4, 0.5) is 0 Å². The fourth-order valence-corrected chi connectivity index (χ4v) is 2.38. The van der Waals surface area contributed by atoms with Crippen molar-refractivity contribution in [2.24, 2.45) is 11.7 Å². The molecule has 0 aliphatic carbocycles. The normalized spacial score (nSPS) is 13.5. The molecule has 0 bridgehead atoms. The number of rotatable bonds is 3. The van der Waals surface area contributed by atoms with E-state index in [-0.39, 0.29) is 6.04 Å². The molecule has 0 aromatic carbocycles. The molecule has 0 aliphatic rings. The van der Waals surface area contributed by atoms with E-state index in [0.717, 1.165) is 23.5 Å². The van der Waals surface area contributed by atoms with Gasteiger partial charge < -0.3 is 10.1 Å². The minimum Gasteiger partial charge on any atom is -0.323 e. The van der Waals surface area contributed by atoms with Crippen LogP contribution in [0.5, 0.6) is 0 Å². The lowest BCUT2D eigenvalue weighted by Crippen LogP contribution is -2.16. The maximum Gasteiger partial charge on any atom is 0.137 e. The zero-order chi connectivity index (χ0) is 12.6. The second kappa shape index (κ2) is 4.67. The lowest BCUT2D eigenvalue weighted by molar-refractivity contribution is 0.498. The van der Waals surface area contributed by atoms with Crippen molar-refractivity contribution in [3.05, 3.63) is 34.7 Å². The van der Waals surface area contributed by atoms with Crippen LogP contribution in [0, 0.1) is 12.8 Å². The van der Waals surface area contributed by atoms with Gasteiger partial charge in [-0.1, -0.05) is 25.4 Å². The van der Waals surface area contributed by atoms with E-state index in [1.807, 2.05) is 29.7 Å². The van der Waals surface area contributed by atoms with Crippen LogP contribution in [0.25, 0.3) is 5.65 Å². The van der Waals surface area contributed by atoms with Crippen molar-refractivity contribution in [1.82, 2.24) is 9.38 Å². The number of nitrogens with two attached hydrogens (primary N) is 1. The van der Waals surface area contributed by atoms with Crippen molar-refractivity contribution in [1.29, 1.82) is 0 Å². The largest absolute Gasteiger partial charge is 0.323 e. The summed E-state index contributed by atoms with van der Waals surface area (Å²) < 4.78 is 2.00. The van der Waals surface area contributed by atoms with Gasteiger partial charge in [0.25, 0.3) is 0 Å². The third-order valence-corrected chi connectivity index (χ3v) is 3.10. The molecule has 3 nitrogen and oxygen atoms in total. The molecular formula is C13H18ClN3. The first-order valence-corrected chi connectivity index (χ1v) is 6.26. The molecule has 2 heterocycles. The molecule has 1 unspecified atom stereocenters. The molecule has 0 radical (unpaired) electrons. The van der Waals surface area contributed by atoms with Crippen LogP contribution >= 0.6 is 11.6 Å². The number of hydrogen-bond acceptors (Lipinski definition) is 2. The van der Waals surface area contributed by atoms with Crippen molar-refractivity contribution in [2.75, 3.05) is 0 Å². The Morgan fingerprint density at radius 1 is 1.41 bits per heavy atom. The Hall–Kier alpha value is -1.06. The van der Waals surface area contributed by atoms with E-state index in [4.69, 9.17) is 17.3 Å². The van der Waals surface area contributed by atoms with Crippen molar-refractivity contribution in [3.63, 3.8) is 0 Å². The third kappa shape index (κ3) is 2.45. The van der Waals surface area contributed by atoms with Crippen LogP contribution in [0.15, 0.2) is 18.3 Å². The van der Waals surface area contributed by atoms with Crippen molar-refractivity contribution >= 4 is 17.2 Å². The fraction of sp³-hybridized carbons (Fsp3) is 0.462. The second-order valence-corrected chi connectivity index (χ2v) is 5.33. The molecule has 0 spiro atoms. The zero-order valence-electron chi connectivity index (χ0n) is 10.4. The van der Waals surface area contributed by atoms with Crippen LogP contribution < -0.4 is 5.73 Å². The summed E-state index contributed by atoms with van der Waals surface area (Å²) in [5, 5.41) is 0.702. The Kier molecular flexibility index (Phi) is 3.40. The molecule has 92 valence electrons. The van der Waals surface area contributed by atoms with Crippen molar-refractivity contribution in [2.45, 2.75) is 33.2 Å². The van der Waals surface area contributed by atoms with E-state index in [0.29, 0.717) is 10.9 Å². The third-order valence-electron chi connectivity index (χ3n) is 2.88. The molecule has 2 rings (SSSR count). The van der Waals surface area contributed by atoms with E-state index in [2.05, 4.69) is 18.8 Å². The summed E-state index contributed by atoms with van der Waals surface area (Å²) in [4.78, 5) is 4.51. The van der Waals surface area contributed by atoms with E-state index in [1.165, 1.54) is 0 Å². The van der Waals surface area contributed by atoms with Gasteiger partial charge in [0.1, 0.15) is 5.65 Å². The molecule has 2 N–H and O–H groups in total. The van der Waals surface area contributed by atoms with Crippen LogP contribution in [0.2, 0.25) is 5.02 Å². The first-order chi connectivity index (χ1) is 7.99. The minimum atomic E-state index is 0.00321. The lowest BCUT2D eigenvalue weighted by atomic mass is 10.0. The summed E-state index contributed by atoms with van der Waals surface area (Å²) in [6, 6.07) is 3.77. The number of fused-ring (bicyclic) bond motifs is 1. The summed E-state index contributed by atoms with van der Waals surface area (Å²) >= 11 is 6.02. The maximum absolute atomic E-state index is 6.25. The van der Waals surface area contributed by atoms with Gasteiger partial charge in [-0.25, -0.2) is 4.98 Å². The van der Waals surface area contributed by atoms with Crippen molar-refractivity contribution < 1.29 is 0 Å². The monoisotopic (exact) mass is 251 g/mol.